The van der Waals surface area contributed by atoms with Gasteiger partial charge in [0.2, 0.25) is 0 Å². The minimum Gasteiger partial charge on any atom is -0.316 e. The lowest BCUT2D eigenvalue weighted by atomic mass is 9.77. The lowest BCUT2D eigenvalue weighted by Gasteiger charge is -2.31. The highest BCUT2D eigenvalue weighted by atomic mass is 35.5. The van der Waals surface area contributed by atoms with E-state index in [0.29, 0.717) is 10.9 Å². The van der Waals surface area contributed by atoms with Gasteiger partial charge in [0.15, 0.2) is 0 Å². The first-order valence-corrected chi connectivity index (χ1v) is 7.37. The molecule has 0 aliphatic carbocycles. The Balaban J connectivity index is 2.76. The van der Waals surface area contributed by atoms with E-state index in [0.717, 1.165) is 31.5 Å². The Kier molecular flexibility index (Phi) is 6.28. The first-order valence-electron chi connectivity index (χ1n) is 6.99. The van der Waals surface area contributed by atoms with Crippen LogP contribution in [0.1, 0.15) is 39.7 Å². The Morgan fingerprint density at radius 2 is 2.00 bits per heavy atom. The molecule has 108 valence electrons. The Bertz CT molecular complexity index is 398. The second-order valence-corrected chi connectivity index (χ2v) is 6.61. The molecule has 1 aromatic carbocycles. The first kappa shape index (κ1) is 16.5. The van der Waals surface area contributed by atoms with Crippen LogP contribution in [0.3, 0.4) is 0 Å². The lowest BCUT2D eigenvalue weighted by Crippen LogP contribution is -2.33. The molecule has 1 rings (SSSR count). The van der Waals surface area contributed by atoms with E-state index >= 15 is 0 Å². The van der Waals surface area contributed by atoms with E-state index in [-0.39, 0.29) is 11.2 Å². The standard InChI is InChI=1S/C16H25ClFN/c1-5-8-19-11-13(16(2,3)4)9-12-6-7-14(18)10-15(12)17/h6-7,10,13,19H,5,8-9,11H2,1-4H3. The molecule has 1 aromatic rings. The Hall–Kier alpha value is -0.600. The van der Waals surface area contributed by atoms with Crippen molar-refractivity contribution in [1.29, 1.82) is 0 Å². The van der Waals surface area contributed by atoms with Gasteiger partial charge < -0.3 is 5.32 Å². The summed E-state index contributed by atoms with van der Waals surface area (Å²) in [7, 11) is 0. The molecule has 1 N–H and O–H groups in total. The van der Waals surface area contributed by atoms with Gasteiger partial charge in [0.25, 0.3) is 0 Å². The summed E-state index contributed by atoms with van der Waals surface area (Å²) in [5, 5.41) is 4.01. The molecular formula is C16H25ClFN. The highest BCUT2D eigenvalue weighted by molar-refractivity contribution is 6.31. The summed E-state index contributed by atoms with van der Waals surface area (Å²) in [6.07, 6.45) is 2.01. The van der Waals surface area contributed by atoms with Crippen molar-refractivity contribution in [2.45, 2.75) is 40.5 Å². The topological polar surface area (TPSA) is 12.0 Å². The number of nitrogens with one attached hydrogen (secondary N) is 1. The van der Waals surface area contributed by atoms with Gasteiger partial charge in [-0.05, 0) is 55.0 Å². The van der Waals surface area contributed by atoms with Crippen LogP contribution in [-0.2, 0) is 6.42 Å². The van der Waals surface area contributed by atoms with E-state index in [9.17, 15) is 4.39 Å². The van der Waals surface area contributed by atoms with Crippen molar-refractivity contribution in [2.75, 3.05) is 13.1 Å². The molecule has 1 nitrogen and oxygen atoms in total. The van der Waals surface area contributed by atoms with Gasteiger partial charge in [-0.1, -0.05) is 45.4 Å². The second kappa shape index (κ2) is 7.25. The van der Waals surface area contributed by atoms with Gasteiger partial charge in [0.05, 0.1) is 0 Å². The summed E-state index contributed by atoms with van der Waals surface area (Å²) in [6, 6.07) is 4.69. The van der Waals surface area contributed by atoms with E-state index in [1.54, 1.807) is 6.07 Å². The molecule has 1 unspecified atom stereocenters. The fourth-order valence-corrected chi connectivity index (χ4v) is 2.33. The van der Waals surface area contributed by atoms with Gasteiger partial charge in [0.1, 0.15) is 5.82 Å². The average molecular weight is 286 g/mol. The first-order chi connectivity index (χ1) is 8.84. The van der Waals surface area contributed by atoms with Crippen LogP contribution in [0, 0.1) is 17.2 Å². The molecule has 19 heavy (non-hydrogen) atoms. The third-order valence-electron chi connectivity index (χ3n) is 3.52. The number of hydrogen-bond acceptors (Lipinski definition) is 1. The minimum atomic E-state index is -0.273. The molecule has 0 heterocycles. The van der Waals surface area contributed by atoms with Gasteiger partial charge >= 0.3 is 0 Å². The van der Waals surface area contributed by atoms with Crippen molar-refractivity contribution in [3.8, 4) is 0 Å². The Labute approximate surface area is 121 Å². The maximum atomic E-state index is 13.1. The minimum absolute atomic E-state index is 0.193. The third-order valence-corrected chi connectivity index (χ3v) is 3.88. The zero-order valence-corrected chi connectivity index (χ0v) is 13.1. The van der Waals surface area contributed by atoms with Crippen molar-refractivity contribution in [2.24, 2.45) is 11.3 Å². The van der Waals surface area contributed by atoms with E-state index < -0.39 is 0 Å². The molecular weight excluding hydrogens is 261 g/mol. The van der Waals surface area contributed by atoms with Crippen LogP contribution in [0.25, 0.3) is 0 Å². The monoisotopic (exact) mass is 285 g/mol. The van der Waals surface area contributed by atoms with Crippen molar-refractivity contribution < 1.29 is 4.39 Å². The van der Waals surface area contributed by atoms with E-state index in [4.69, 9.17) is 11.6 Å². The Morgan fingerprint density at radius 3 is 2.53 bits per heavy atom. The number of rotatable bonds is 6. The zero-order valence-electron chi connectivity index (χ0n) is 12.4. The highest BCUT2D eigenvalue weighted by Crippen LogP contribution is 2.31. The lowest BCUT2D eigenvalue weighted by molar-refractivity contribution is 0.231. The molecule has 0 saturated carbocycles. The van der Waals surface area contributed by atoms with Crippen LogP contribution < -0.4 is 5.32 Å². The van der Waals surface area contributed by atoms with Crippen LogP contribution in [0.15, 0.2) is 18.2 Å². The molecule has 3 heteroatoms. The number of benzene rings is 1. The predicted molar refractivity (Wildman–Crippen MR) is 81.2 cm³/mol. The van der Waals surface area contributed by atoms with Crippen molar-refractivity contribution in [3.05, 3.63) is 34.6 Å². The van der Waals surface area contributed by atoms with Crippen LogP contribution in [0.5, 0.6) is 0 Å². The fraction of sp³-hybridized carbons (Fsp3) is 0.625. The molecule has 0 aromatic heterocycles. The van der Waals surface area contributed by atoms with Crippen molar-refractivity contribution >= 4 is 11.6 Å². The predicted octanol–water partition coefficient (Wildman–Crippen LogP) is 4.68. The summed E-state index contributed by atoms with van der Waals surface area (Å²) in [5.41, 5.74) is 1.22. The van der Waals surface area contributed by atoms with Gasteiger partial charge in [-0.3, -0.25) is 0 Å². The molecule has 0 saturated heterocycles. The molecule has 1 atom stereocenters. The molecule has 0 spiro atoms. The molecule has 0 fully saturated rings. The molecule has 0 amide bonds. The highest BCUT2D eigenvalue weighted by Gasteiger charge is 2.25. The molecule has 0 radical (unpaired) electrons. The van der Waals surface area contributed by atoms with Crippen LogP contribution in [0.2, 0.25) is 5.02 Å². The Morgan fingerprint density at radius 1 is 1.32 bits per heavy atom. The molecule has 0 aliphatic rings. The summed E-state index contributed by atoms with van der Waals surface area (Å²) >= 11 is 6.12. The summed E-state index contributed by atoms with van der Waals surface area (Å²) < 4.78 is 13.1. The van der Waals surface area contributed by atoms with Crippen LogP contribution >= 0.6 is 11.6 Å². The van der Waals surface area contributed by atoms with E-state index in [1.807, 2.05) is 0 Å². The second-order valence-electron chi connectivity index (χ2n) is 6.21. The summed E-state index contributed by atoms with van der Waals surface area (Å²) in [6.45, 7) is 10.9. The van der Waals surface area contributed by atoms with Gasteiger partial charge in [-0.25, -0.2) is 4.39 Å². The molecule has 0 aliphatic heterocycles. The van der Waals surface area contributed by atoms with Crippen LogP contribution in [0.4, 0.5) is 4.39 Å². The third kappa shape index (κ3) is 5.50. The van der Waals surface area contributed by atoms with Crippen LogP contribution in [-0.4, -0.2) is 13.1 Å². The summed E-state index contributed by atoms with van der Waals surface area (Å²) in [5.74, 6) is 0.201. The SMILES string of the molecule is CCCNCC(Cc1ccc(F)cc1Cl)C(C)(C)C. The normalized spacial score (nSPS) is 13.6. The zero-order chi connectivity index (χ0) is 14.5. The number of halogens is 2. The van der Waals surface area contributed by atoms with Crippen molar-refractivity contribution in [3.63, 3.8) is 0 Å². The van der Waals surface area contributed by atoms with Crippen molar-refractivity contribution in [1.82, 2.24) is 5.32 Å². The fourth-order valence-electron chi connectivity index (χ4n) is 2.09. The smallest absolute Gasteiger partial charge is 0.124 e. The van der Waals surface area contributed by atoms with Gasteiger partial charge in [-0.15, -0.1) is 0 Å². The average Bonchev–Trinajstić information content (AvgIpc) is 2.29. The van der Waals surface area contributed by atoms with E-state index in [1.165, 1.54) is 12.1 Å². The largest absolute Gasteiger partial charge is 0.316 e. The number of hydrogen-bond donors (Lipinski definition) is 1. The summed E-state index contributed by atoms with van der Waals surface area (Å²) in [4.78, 5) is 0. The molecule has 0 bridgehead atoms. The van der Waals surface area contributed by atoms with E-state index in [2.05, 4.69) is 33.0 Å². The van der Waals surface area contributed by atoms with Gasteiger partial charge in [0, 0.05) is 5.02 Å². The maximum Gasteiger partial charge on any atom is 0.124 e. The van der Waals surface area contributed by atoms with Gasteiger partial charge in [-0.2, -0.15) is 0 Å². The maximum absolute atomic E-state index is 13.1. The quantitative estimate of drug-likeness (QED) is 0.748.